The fraction of sp³-hybridized carbons (Fsp3) is 0.526. The van der Waals surface area contributed by atoms with E-state index >= 15 is 0 Å². The summed E-state index contributed by atoms with van der Waals surface area (Å²) in [4.78, 5) is 27.3. The van der Waals surface area contributed by atoms with Gasteiger partial charge in [-0.3, -0.25) is 14.9 Å². The average molecular weight is 374 g/mol. The predicted octanol–water partition coefficient (Wildman–Crippen LogP) is 4.28. The topological polar surface area (TPSA) is 111 Å². The van der Waals surface area contributed by atoms with Crippen molar-refractivity contribution in [1.82, 2.24) is 15.5 Å². The number of nitro benzene ring substituents is 1. The van der Waals surface area contributed by atoms with Crippen LogP contribution >= 0.6 is 0 Å². The minimum Gasteiger partial charge on any atom is -0.344 e. The SMILES string of the molecule is CC[C@H](C)[C@H](NC(=O)CC(C)(C)C)c1nc(-c2cccc([N+](=O)[O-])c2)no1. The van der Waals surface area contributed by atoms with Gasteiger partial charge < -0.3 is 9.84 Å². The number of hydrogen-bond acceptors (Lipinski definition) is 6. The van der Waals surface area contributed by atoms with Gasteiger partial charge >= 0.3 is 0 Å². The number of nitrogens with zero attached hydrogens (tertiary/aromatic N) is 3. The van der Waals surface area contributed by atoms with E-state index in [-0.39, 0.29) is 28.8 Å². The molecule has 1 heterocycles. The van der Waals surface area contributed by atoms with Crippen LogP contribution in [0.5, 0.6) is 0 Å². The molecule has 8 nitrogen and oxygen atoms in total. The quantitative estimate of drug-likeness (QED) is 0.572. The summed E-state index contributed by atoms with van der Waals surface area (Å²) < 4.78 is 5.39. The molecule has 27 heavy (non-hydrogen) atoms. The monoisotopic (exact) mass is 374 g/mol. The first kappa shape index (κ1) is 20.5. The number of carbonyl (C=O) groups is 1. The molecule has 0 spiro atoms. The molecule has 1 aromatic carbocycles. The largest absolute Gasteiger partial charge is 0.344 e. The summed E-state index contributed by atoms with van der Waals surface area (Å²) in [5.41, 5.74) is 0.312. The van der Waals surface area contributed by atoms with Crippen molar-refractivity contribution in [2.45, 2.75) is 53.5 Å². The molecule has 0 radical (unpaired) electrons. The van der Waals surface area contributed by atoms with Crippen LogP contribution in [0, 0.1) is 21.4 Å². The Balaban J connectivity index is 2.27. The molecule has 1 aromatic heterocycles. The Morgan fingerprint density at radius 3 is 2.67 bits per heavy atom. The van der Waals surface area contributed by atoms with Crippen molar-refractivity contribution in [1.29, 1.82) is 0 Å². The van der Waals surface area contributed by atoms with Crippen LogP contribution in [0.15, 0.2) is 28.8 Å². The van der Waals surface area contributed by atoms with Crippen molar-refractivity contribution in [2.24, 2.45) is 11.3 Å². The van der Waals surface area contributed by atoms with Gasteiger partial charge in [0.2, 0.25) is 17.6 Å². The molecular weight excluding hydrogens is 348 g/mol. The maximum absolute atomic E-state index is 12.4. The van der Waals surface area contributed by atoms with Gasteiger partial charge in [0, 0.05) is 24.1 Å². The zero-order valence-corrected chi connectivity index (χ0v) is 16.4. The number of nitro groups is 1. The Morgan fingerprint density at radius 1 is 1.37 bits per heavy atom. The second-order valence-corrected chi connectivity index (χ2v) is 7.93. The third-order valence-corrected chi connectivity index (χ3v) is 4.24. The maximum Gasteiger partial charge on any atom is 0.270 e. The summed E-state index contributed by atoms with van der Waals surface area (Å²) in [6.07, 6.45) is 1.20. The number of amides is 1. The van der Waals surface area contributed by atoms with Crippen LogP contribution in [0.4, 0.5) is 5.69 Å². The lowest BCUT2D eigenvalue weighted by atomic mass is 9.91. The second kappa shape index (κ2) is 8.28. The third-order valence-electron chi connectivity index (χ3n) is 4.24. The summed E-state index contributed by atoms with van der Waals surface area (Å²) in [6.45, 7) is 10.0. The van der Waals surface area contributed by atoms with Gasteiger partial charge in [0.25, 0.3) is 5.69 Å². The van der Waals surface area contributed by atoms with Gasteiger partial charge in [-0.2, -0.15) is 4.98 Å². The molecule has 8 heteroatoms. The Morgan fingerprint density at radius 2 is 2.07 bits per heavy atom. The van der Waals surface area contributed by atoms with Crippen LogP contribution in [-0.2, 0) is 4.79 Å². The molecule has 0 aliphatic rings. The van der Waals surface area contributed by atoms with Crippen LogP contribution in [-0.4, -0.2) is 21.0 Å². The number of carbonyl (C=O) groups excluding carboxylic acids is 1. The minimum atomic E-state index is -0.473. The molecule has 0 aliphatic heterocycles. The van der Waals surface area contributed by atoms with Crippen molar-refractivity contribution >= 4 is 11.6 Å². The molecule has 0 saturated heterocycles. The van der Waals surface area contributed by atoms with E-state index in [1.807, 2.05) is 34.6 Å². The van der Waals surface area contributed by atoms with Gasteiger partial charge in [-0.25, -0.2) is 0 Å². The molecule has 0 bridgehead atoms. The number of hydrogen-bond donors (Lipinski definition) is 1. The maximum atomic E-state index is 12.4. The van der Waals surface area contributed by atoms with Crippen LogP contribution < -0.4 is 5.32 Å². The van der Waals surface area contributed by atoms with Gasteiger partial charge in [-0.15, -0.1) is 0 Å². The van der Waals surface area contributed by atoms with Gasteiger partial charge in [-0.1, -0.05) is 58.3 Å². The number of aromatic nitrogens is 2. The summed E-state index contributed by atoms with van der Waals surface area (Å²) in [7, 11) is 0. The molecule has 0 saturated carbocycles. The van der Waals surface area contributed by atoms with Crippen molar-refractivity contribution < 1.29 is 14.2 Å². The summed E-state index contributed by atoms with van der Waals surface area (Å²) >= 11 is 0. The van der Waals surface area contributed by atoms with E-state index in [1.165, 1.54) is 12.1 Å². The average Bonchev–Trinajstić information content (AvgIpc) is 3.07. The van der Waals surface area contributed by atoms with Gasteiger partial charge in [0.05, 0.1) is 4.92 Å². The zero-order chi connectivity index (χ0) is 20.2. The Bertz CT molecular complexity index is 810. The van der Waals surface area contributed by atoms with E-state index in [4.69, 9.17) is 4.52 Å². The van der Waals surface area contributed by atoms with E-state index in [1.54, 1.807) is 12.1 Å². The standard InChI is InChI=1S/C19H26N4O4/c1-6-12(2)16(20-15(24)11-19(3,4)5)18-21-17(22-27-18)13-8-7-9-14(10-13)23(25)26/h7-10,12,16H,6,11H2,1-5H3,(H,20,24)/t12-,16-/m0/s1. The molecule has 0 aliphatic carbocycles. The number of rotatable bonds is 7. The molecule has 2 rings (SSSR count). The van der Waals surface area contributed by atoms with Crippen LogP contribution in [0.2, 0.25) is 0 Å². The van der Waals surface area contributed by atoms with Gasteiger partial charge in [0.15, 0.2) is 0 Å². The van der Waals surface area contributed by atoms with E-state index in [9.17, 15) is 14.9 Å². The van der Waals surface area contributed by atoms with Crippen LogP contribution in [0.25, 0.3) is 11.4 Å². The summed E-state index contributed by atoms with van der Waals surface area (Å²) in [5.74, 6) is 0.565. The number of nitrogens with one attached hydrogen (secondary N) is 1. The summed E-state index contributed by atoms with van der Waals surface area (Å²) in [6, 6.07) is 5.63. The highest BCUT2D eigenvalue weighted by Gasteiger charge is 2.28. The minimum absolute atomic E-state index is 0.0455. The van der Waals surface area contributed by atoms with E-state index in [0.717, 1.165) is 6.42 Å². The fourth-order valence-corrected chi connectivity index (χ4v) is 2.63. The van der Waals surface area contributed by atoms with E-state index in [0.29, 0.717) is 17.9 Å². The lowest BCUT2D eigenvalue weighted by molar-refractivity contribution is -0.384. The summed E-state index contributed by atoms with van der Waals surface area (Å²) in [5, 5.41) is 17.9. The van der Waals surface area contributed by atoms with Gasteiger partial charge in [0.1, 0.15) is 6.04 Å². The highest BCUT2D eigenvalue weighted by Crippen LogP contribution is 2.28. The molecule has 0 fully saturated rings. The van der Waals surface area contributed by atoms with Crippen LogP contribution in [0.3, 0.4) is 0 Å². The predicted molar refractivity (Wildman–Crippen MR) is 101 cm³/mol. The zero-order valence-electron chi connectivity index (χ0n) is 16.4. The fourth-order valence-electron chi connectivity index (χ4n) is 2.63. The first-order valence-corrected chi connectivity index (χ1v) is 8.98. The normalized spacial score (nSPS) is 13.8. The Kier molecular flexibility index (Phi) is 6.30. The lowest BCUT2D eigenvalue weighted by Crippen LogP contribution is -2.34. The second-order valence-electron chi connectivity index (χ2n) is 7.93. The Labute approximate surface area is 158 Å². The van der Waals surface area contributed by atoms with E-state index in [2.05, 4.69) is 15.5 Å². The molecule has 1 N–H and O–H groups in total. The van der Waals surface area contributed by atoms with Crippen molar-refractivity contribution in [3.8, 4) is 11.4 Å². The third kappa shape index (κ3) is 5.60. The smallest absolute Gasteiger partial charge is 0.270 e. The number of non-ortho nitro benzene ring substituents is 1. The first-order chi connectivity index (χ1) is 12.6. The number of benzene rings is 1. The van der Waals surface area contributed by atoms with Gasteiger partial charge in [-0.05, 0) is 11.3 Å². The lowest BCUT2D eigenvalue weighted by Gasteiger charge is -2.23. The highest BCUT2D eigenvalue weighted by molar-refractivity contribution is 5.77. The molecule has 0 unspecified atom stereocenters. The van der Waals surface area contributed by atoms with E-state index < -0.39 is 11.0 Å². The molecule has 1 amide bonds. The van der Waals surface area contributed by atoms with Crippen LogP contribution in [0.1, 0.15) is 59.4 Å². The molecule has 2 atom stereocenters. The molecule has 146 valence electrons. The van der Waals surface area contributed by atoms with Crippen molar-refractivity contribution in [3.05, 3.63) is 40.3 Å². The Hall–Kier alpha value is -2.77. The molecule has 2 aromatic rings. The first-order valence-electron chi connectivity index (χ1n) is 8.98. The molecular formula is C19H26N4O4. The van der Waals surface area contributed by atoms with Crippen molar-refractivity contribution in [2.75, 3.05) is 0 Å². The van der Waals surface area contributed by atoms with Crippen molar-refractivity contribution in [3.63, 3.8) is 0 Å². The highest BCUT2D eigenvalue weighted by atomic mass is 16.6.